The van der Waals surface area contributed by atoms with Gasteiger partial charge in [-0.1, -0.05) is 26.7 Å². The molecule has 0 radical (unpaired) electrons. The second kappa shape index (κ2) is 6.36. The number of nitrogens with zero attached hydrogens (tertiary/aromatic N) is 2. The van der Waals surface area contributed by atoms with E-state index in [0.717, 1.165) is 12.6 Å². The molecule has 18 heavy (non-hydrogen) atoms. The molecule has 2 fully saturated rings. The van der Waals surface area contributed by atoms with Crippen molar-refractivity contribution < 1.29 is 0 Å². The van der Waals surface area contributed by atoms with Crippen LogP contribution in [0, 0.1) is 0 Å². The Balaban J connectivity index is 1.90. The smallest absolute Gasteiger partial charge is 0.0330 e. The van der Waals surface area contributed by atoms with Crippen LogP contribution >= 0.6 is 0 Å². The summed E-state index contributed by atoms with van der Waals surface area (Å²) in [6.07, 6.45) is 7.95. The van der Waals surface area contributed by atoms with E-state index in [9.17, 15) is 0 Å². The second-order valence-electron chi connectivity index (χ2n) is 6.14. The first-order valence-electron chi connectivity index (χ1n) is 7.95. The number of rotatable bonds is 7. The number of hydrogen-bond donors (Lipinski definition) is 1. The maximum Gasteiger partial charge on any atom is 0.0330 e. The zero-order chi connectivity index (χ0) is 13.0. The van der Waals surface area contributed by atoms with Gasteiger partial charge >= 0.3 is 0 Å². The van der Waals surface area contributed by atoms with Gasteiger partial charge < -0.3 is 5.73 Å². The molecule has 1 aliphatic heterocycles. The van der Waals surface area contributed by atoms with E-state index in [4.69, 9.17) is 5.73 Å². The lowest BCUT2D eigenvalue weighted by molar-refractivity contribution is 0.0240. The molecular formula is C15H31N3. The highest BCUT2D eigenvalue weighted by atomic mass is 15.3. The first-order valence-corrected chi connectivity index (χ1v) is 7.95. The van der Waals surface area contributed by atoms with Gasteiger partial charge in [0, 0.05) is 44.3 Å². The van der Waals surface area contributed by atoms with E-state index in [-0.39, 0.29) is 5.54 Å². The zero-order valence-electron chi connectivity index (χ0n) is 12.3. The van der Waals surface area contributed by atoms with Gasteiger partial charge in [-0.15, -0.1) is 0 Å². The highest BCUT2D eigenvalue weighted by Gasteiger charge is 2.38. The SMILES string of the molecule is CCCCC(CC)(CN)N1CCN(C2CC2)CC1. The van der Waals surface area contributed by atoms with Crippen LogP contribution < -0.4 is 5.73 Å². The van der Waals surface area contributed by atoms with Crippen molar-refractivity contribution in [1.29, 1.82) is 0 Å². The minimum Gasteiger partial charge on any atom is -0.329 e. The summed E-state index contributed by atoms with van der Waals surface area (Å²) >= 11 is 0. The molecule has 1 saturated carbocycles. The molecule has 0 aromatic carbocycles. The molecule has 3 heteroatoms. The summed E-state index contributed by atoms with van der Waals surface area (Å²) in [5.41, 5.74) is 6.42. The third-order valence-corrected chi connectivity index (χ3v) is 5.08. The minimum absolute atomic E-state index is 0.283. The number of piperazine rings is 1. The molecule has 2 N–H and O–H groups in total. The van der Waals surface area contributed by atoms with E-state index in [1.54, 1.807) is 0 Å². The van der Waals surface area contributed by atoms with Gasteiger partial charge in [-0.3, -0.25) is 9.80 Å². The largest absolute Gasteiger partial charge is 0.329 e. The molecule has 0 aromatic heterocycles. The Morgan fingerprint density at radius 2 is 1.78 bits per heavy atom. The number of hydrogen-bond acceptors (Lipinski definition) is 3. The molecule has 106 valence electrons. The van der Waals surface area contributed by atoms with Gasteiger partial charge in [0.2, 0.25) is 0 Å². The van der Waals surface area contributed by atoms with Crippen LogP contribution in [0.5, 0.6) is 0 Å². The van der Waals surface area contributed by atoms with Gasteiger partial charge in [-0.05, 0) is 25.7 Å². The van der Waals surface area contributed by atoms with Crippen molar-refractivity contribution in [2.45, 2.75) is 64.0 Å². The quantitative estimate of drug-likeness (QED) is 0.754. The van der Waals surface area contributed by atoms with Gasteiger partial charge in [0.15, 0.2) is 0 Å². The summed E-state index contributed by atoms with van der Waals surface area (Å²) in [7, 11) is 0. The van der Waals surface area contributed by atoms with Crippen molar-refractivity contribution in [2.75, 3.05) is 32.7 Å². The van der Waals surface area contributed by atoms with Crippen molar-refractivity contribution in [2.24, 2.45) is 5.73 Å². The average molecular weight is 253 g/mol. The molecule has 0 spiro atoms. The first-order chi connectivity index (χ1) is 8.75. The Hall–Kier alpha value is -0.120. The molecule has 2 rings (SSSR count). The van der Waals surface area contributed by atoms with Crippen LogP contribution in [0.3, 0.4) is 0 Å². The average Bonchev–Trinajstić information content (AvgIpc) is 3.26. The van der Waals surface area contributed by atoms with Gasteiger partial charge in [0.1, 0.15) is 0 Å². The topological polar surface area (TPSA) is 32.5 Å². The van der Waals surface area contributed by atoms with E-state index in [2.05, 4.69) is 23.6 Å². The Morgan fingerprint density at radius 1 is 1.11 bits per heavy atom. The Morgan fingerprint density at radius 3 is 2.22 bits per heavy atom. The van der Waals surface area contributed by atoms with Crippen LogP contribution in [-0.2, 0) is 0 Å². The maximum absolute atomic E-state index is 6.14. The van der Waals surface area contributed by atoms with Crippen LogP contribution in [-0.4, -0.2) is 54.1 Å². The van der Waals surface area contributed by atoms with Crippen LogP contribution in [0.1, 0.15) is 52.4 Å². The molecule has 1 aliphatic carbocycles. The van der Waals surface area contributed by atoms with Crippen molar-refractivity contribution in [3.05, 3.63) is 0 Å². The van der Waals surface area contributed by atoms with Crippen molar-refractivity contribution in [1.82, 2.24) is 9.80 Å². The van der Waals surface area contributed by atoms with E-state index in [1.165, 1.54) is 64.7 Å². The summed E-state index contributed by atoms with van der Waals surface area (Å²) in [5, 5.41) is 0. The van der Waals surface area contributed by atoms with Crippen molar-refractivity contribution in [3.63, 3.8) is 0 Å². The summed E-state index contributed by atoms with van der Waals surface area (Å²) in [6, 6.07) is 0.927. The highest BCUT2D eigenvalue weighted by molar-refractivity contribution is 4.95. The lowest BCUT2D eigenvalue weighted by atomic mass is 9.87. The standard InChI is InChI=1S/C15H31N3/c1-3-5-8-15(4-2,13-16)18-11-9-17(10-12-18)14-6-7-14/h14H,3-13,16H2,1-2H3. The molecule has 1 atom stereocenters. The molecular weight excluding hydrogens is 222 g/mol. The van der Waals surface area contributed by atoms with Crippen LogP contribution in [0.4, 0.5) is 0 Å². The minimum atomic E-state index is 0.283. The summed E-state index contributed by atoms with van der Waals surface area (Å²) < 4.78 is 0. The lowest BCUT2D eigenvalue weighted by Crippen LogP contribution is -2.60. The van der Waals surface area contributed by atoms with Crippen LogP contribution in [0.15, 0.2) is 0 Å². The van der Waals surface area contributed by atoms with Crippen LogP contribution in [0.25, 0.3) is 0 Å². The van der Waals surface area contributed by atoms with E-state index < -0.39 is 0 Å². The summed E-state index contributed by atoms with van der Waals surface area (Å²) in [4.78, 5) is 5.38. The summed E-state index contributed by atoms with van der Waals surface area (Å²) in [6.45, 7) is 10.4. The number of unbranched alkanes of at least 4 members (excludes halogenated alkanes) is 1. The molecule has 1 unspecified atom stereocenters. The molecule has 0 bridgehead atoms. The fourth-order valence-electron chi connectivity index (χ4n) is 3.44. The van der Waals surface area contributed by atoms with Crippen LogP contribution in [0.2, 0.25) is 0 Å². The fourth-order valence-corrected chi connectivity index (χ4v) is 3.44. The van der Waals surface area contributed by atoms with Crippen molar-refractivity contribution >= 4 is 0 Å². The predicted octanol–water partition coefficient (Wildman–Crippen LogP) is 2.06. The molecule has 0 amide bonds. The molecule has 1 heterocycles. The zero-order valence-corrected chi connectivity index (χ0v) is 12.3. The van der Waals surface area contributed by atoms with Gasteiger partial charge in [0.25, 0.3) is 0 Å². The Bertz CT molecular complexity index is 238. The number of nitrogens with two attached hydrogens (primary N) is 1. The first kappa shape index (κ1) is 14.3. The third-order valence-electron chi connectivity index (χ3n) is 5.08. The van der Waals surface area contributed by atoms with E-state index >= 15 is 0 Å². The third kappa shape index (κ3) is 3.06. The highest BCUT2D eigenvalue weighted by Crippen LogP contribution is 2.31. The van der Waals surface area contributed by atoms with E-state index in [1.807, 2.05) is 0 Å². The van der Waals surface area contributed by atoms with Gasteiger partial charge in [-0.2, -0.15) is 0 Å². The van der Waals surface area contributed by atoms with Gasteiger partial charge in [0.05, 0.1) is 0 Å². The molecule has 1 saturated heterocycles. The summed E-state index contributed by atoms with van der Waals surface area (Å²) in [5.74, 6) is 0. The predicted molar refractivity (Wildman–Crippen MR) is 77.8 cm³/mol. The Labute approximate surface area is 113 Å². The van der Waals surface area contributed by atoms with Gasteiger partial charge in [-0.25, -0.2) is 0 Å². The molecule has 2 aliphatic rings. The fraction of sp³-hybridized carbons (Fsp3) is 1.00. The van der Waals surface area contributed by atoms with Crippen molar-refractivity contribution in [3.8, 4) is 0 Å². The van der Waals surface area contributed by atoms with E-state index in [0.29, 0.717) is 0 Å². The monoisotopic (exact) mass is 253 g/mol. The lowest BCUT2D eigenvalue weighted by Gasteiger charge is -2.47. The second-order valence-corrected chi connectivity index (χ2v) is 6.14. The maximum atomic E-state index is 6.14. The molecule has 3 nitrogen and oxygen atoms in total. The molecule has 0 aromatic rings. The normalized spacial score (nSPS) is 26.2. The Kier molecular flexibility index (Phi) is 5.05.